The van der Waals surface area contributed by atoms with Crippen molar-refractivity contribution >= 4 is 81.5 Å². The topological polar surface area (TPSA) is 183 Å². The molecule has 2 aromatic heterocycles. The van der Waals surface area contributed by atoms with Gasteiger partial charge in [-0.3, -0.25) is 19.2 Å². The summed E-state index contributed by atoms with van der Waals surface area (Å²) in [5, 5.41) is 5.93. The first-order valence-electron chi connectivity index (χ1n) is 33.2. The number of ketones is 2. The van der Waals surface area contributed by atoms with Crippen LogP contribution in [-0.4, -0.2) is 94.1 Å². The maximum absolute atomic E-state index is 13.2. The molecule has 2 amide bonds. The highest BCUT2D eigenvalue weighted by atomic mass is 32.2. The number of hydrogen-bond donors (Lipinski definition) is 0. The van der Waals surface area contributed by atoms with Crippen molar-refractivity contribution in [3.63, 3.8) is 0 Å². The Balaban J connectivity index is 0.000000160. The van der Waals surface area contributed by atoms with E-state index in [2.05, 4.69) is 19.3 Å². The van der Waals surface area contributed by atoms with E-state index in [1.165, 1.54) is 0 Å². The molecule has 8 aliphatic rings. The number of ether oxygens (including phenoxy) is 8. The Labute approximate surface area is 584 Å². The summed E-state index contributed by atoms with van der Waals surface area (Å²) < 4.78 is 50.2. The van der Waals surface area contributed by atoms with Crippen molar-refractivity contribution in [3.05, 3.63) is 233 Å². The zero-order valence-electron chi connectivity index (χ0n) is 54.4. The lowest BCUT2D eigenvalue weighted by Crippen LogP contribution is -2.64. The van der Waals surface area contributed by atoms with Crippen molar-refractivity contribution < 1.29 is 66.7 Å². The van der Waals surface area contributed by atoms with Crippen LogP contribution in [0.25, 0.3) is 0 Å². The Kier molecular flexibility index (Phi) is 17.9. The standard InChI is InChI=1S/2C39H35NO7S2/c2*1-3-4-15-44-26-11-13-32-34(19-26)46-35-20-27(12-14-33(35)39(32)31-10-6-5-9-29(31)38(43)47-39)45-21-24-22-49-37-30(36(42)40(37)23(24)2)18-25(41)17-28-8-7-16-48-28/h5-14,16,19-20,30,37H,3-4,15,17-18,21-22H2,1-2H3;5-14,16,19-20,22-23,30,37H,3-4,15,17-18,21H2,1-2H3. The number of hydrogen-bond acceptors (Lipinski definition) is 18. The number of amides is 2. The number of β-lactam (4-membered cyclic amide) rings is 2. The molecule has 7 atom stereocenters. The van der Waals surface area contributed by atoms with Crippen LogP contribution in [0.3, 0.4) is 0 Å². The number of carbonyl (C=O) groups is 6. The molecule has 500 valence electrons. The summed E-state index contributed by atoms with van der Waals surface area (Å²) in [5.74, 6) is 4.26. The minimum absolute atomic E-state index is 0.00214. The Morgan fingerprint density at radius 2 is 1.00 bits per heavy atom. The van der Waals surface area contributed by atoms with Crippen LogP contribution >= 0.6 is 46.2 Å². The highest BCUT2D eigenvalue weighted by Crippen LogP contribution is 2.59. The van der Waals surface area contributed by atoms with Crippen molar-refractivity contribution in [2.45, 2.75) is 107 Å². The maximum Gasteiger partial charge on any atom is 0.340 e. The van der Waals surface area contributed by atoms with E-state index in [0.29, 0.717) is 107 Å². The van der Waals surface area contributed by atoms with E-state index in [-0.39, 0.29) is 83.4 Å². The molecule has 2 fully saturated rings. The molecule has 0 saturated carbocycles. The van der Waals surface area contributed by atoms with E-state index < -0.39 is 11.2 Å². The second-order valence-electron chi connectivity index (χ2n) is 25.5. The molecule has 6 aromatic carbocycles. The van der Waals surface area contributed by atoms with E-state index in [0.717, 1.165) is 74.5 Å². The fourth-order valence-corrected chi connectivity index (χ4v) is 18.6. The van der Waals surface area contributed by atoms with Gasteiger partial charge in [0.15, 0.2) is 11.2 Å². The molecular weight excluding hydrogens is 1320 g/mol. The summed E-state index contributed by atoms with van der Waals surface area (Å²) in [5.41, 5.74) is 5.99. The average Bonchev–Trinajstić information content (AvgIpc) is 1.50. The molecule has 20 heteroatoms. The molecule has 2 spiro atoms. The number of Topliss-reactive ketones (excluding diaryl/α,β-unsaturated/α-hetero) is 2. The van der Waals surface area contributed by atoms with Crippen LogP contribution in [0.5, 0.6) is 46.0 Å². The van der Waals surface area contributed by atoms with Gasteiger partial charge in [0.25, 0.3) is 0 Å². The van der Waals surface area contributed by atoms with E-state index in [1.54, 1.807) is 58.3 Å². The number of allylic oxidation sites excluding steroid dienone is 1. The maximum atomic E-state index is 13.2. The summed E-state index contributed by atoms with van der Waals surface area (Å²) in [6, 6.07) is 45.1. The van der Waals surface area contributed by atoms with Gasteiger partial charge in [-0.25, -0.2) is 9.59 Å². The Bertz CT molecular complexity index is 4510. The van der Waals surface area contributed by atoms with Crippen molar-refractivity contribution in [3.8, 4) is 46.0 Å². The number of rotatable bonds is 22. The zero-order chi connectivity index (χ0) is 67.4. The number of carbonyl (C=O) groups excluding carboxylic acids is 6. The summed E-state index contributed by atoms with van der Waals surface area (Å²) in [6.07, 6.45) is 5.22. The predicted molar refractivity (Wildman–Crippen MR) is 375 cm³/mol. The van der Waals surface area contributed by atoms with Crippen LogP contribution in [0.4, 0.5) is 0 Å². The van der Waals surface area contributed by atoms with Gasteiger partial charge in [-0.05, 0) is 127 Å². The Morgan fingerprint density at radius 3 is 1.47 bits per heavy atom. The molecule has 7 unspecified atom stereocenters. The highest BCUT2D eigenvalue weighted by Gasteiger charge is 2.57. The summed E-state index contributed by atoms with van der Waals surface area (Å²) in [7, 11) is 0. The molecule has 16 rings (SSSR count). The zero-order valence-corrected chi connectivity index (χ0v) is 57.7. The van der Waals surface area contributed by atoms with Crippen LogP contribution in [0.15, 0.2) is 179 Å². The number of fused-ring (bicyclic) bond motifs is 14. The average molecular weight is 1390 g/mol. The van der Waals surface area contributed by atoms with Gasteiger partial charge in [-0.2, -0.15) is 0 Å². The van der Waals surface area contributed by atoms with E-state index in [4.69, 9.17) is 37.9 Å². The summed E-state index contributed by atoms with van der Waals surface area (Å²) in [6.45, 7) is 9.96. The molecule has 16 nitrogen and oxygen atoms in total. The van der Waals surface area contributed by atoms with Gasteiger partial charge in [0, 0.05) is 105 Å². The molecule has 0 radical (unpaired) electrons. The number of thiophene rings is 2. The lowest BCUT2D eigenvalue weighted by molar-refractivity contribution is -0.155. The second-order valence-corrected chi connectivity index (χ2v) is 29.7. The third kappa shape index (κ3) is 11.6. The van der Waals surface area contributed by atoms with Gasteiger partial charge in [0.1, 0.15) is 70.8 Å². The molecule has 8 aromatic rings. The first-order chi connectivity index (χ1) is 47.7. The fourth-order valence-electron chi connectivity index (χ4n) is 14.3. The highest BCUT2D eigenvalue weighted by molar-refractivity contribution is 8.02. The monoisotopic (exact) mass is 1390 g/mol. The number of unbranched alkanes of at least 4 members (excludes halogenated alkanes) is 2. The van der Waals surface area contributed by atoms with E-state index in [1.807, 2.05) is 168 Å². The first kappa shape index (κ1) is 64.9. The van der Waals surface area contributed by atoms with Crippen molar-refractivity contribution in [1.29, 1.82) is 0 Å². The smallest absolute Gasteiger partial charge is 0.340 e. The van der Waals surface area contributed by atoms with Gasteiger partial charge >= 0.3 is 11.9 Å². The number of benzene rings is 6. The summed E-state index contributed by atoms with van der Waals surface area (Å²) >= 11 is 6.40. The van der Waals surface area contributed by atoms with Crippen molar-refractivity contribution in [1.82, 2.24) is 9.80 Å². The molecule has 10 heterocycles. The third-order valence-corrected chi connectivity index (χ3v) is 23.8. The molecule has 0 aliphatic carbocycles. The van der Waals surface area contributed by atoms with Crippen LogP contribution in [0, 0.1) is 11.8 Å². The number of esters is 2. The number of nitrogens with zero attached hydrogens (tertiary/aromatic N) is 2. The minimum Gasteiger partial charge on any atom is -0.493 e. The predicted octanol–water partition coefficient (Wildman–Crippen LogP) is 15.8. The molecule has 0 N–H and O–H groups in total. The minimum atomic E-state index is -1.18. The molecule has 8 aliphatic heterocycles. The lowest BCUT2D eigenvalue weighted by Gasteiger charge is -2.52. The third-order valence-electron chi connectivity index (χ3n) is 19.4. The van der Waals surface area contributed by atoms with E-state index >= 15 is 0 Å². The van der Waals surface area contributed by atoms with Crippen LogP contribution in [0.2, 0.25) is 0 Å². The summed E-state index contributed by atoms with van der Waals surface area (Å²) in [4.78, 5) is 84.0. The second kappa shape index (κ2) is 27.0. The van der Waals surface area contributed by atoms with Gasteiger partial charge in [0.05, 0.1) is 53.0 Å². The first-order valence-corrected chi connectivity index (χ1v) is 37.0. The largest absolute Gasteiger partial charge is 0.493 e. The molecule has 0 bridgehead atoms. The molecule has 2 saturated heterocycles. The lowest BCUT2D eigenvalue weighted by atomic mass is 9.77. The normalized spacial score (nSPS) is 22.3. The van der Waals surface area contributed by atoms with Gasteiger partial charge < -0.3 is 47.7 Å². The SMILES string of the molecule is CCCCOc1ccc2c(c1)Oc1cc(OCC3=C(C)N4C(=O)C(CC(=O)Cc5cccs5)C4SC3)ccc1C21OC(=O)c2ccccc21.CCCCOc1ccc2c(c1)Oc1cc(OCC3=CSC4C(CC(=O)Cc5cccs5)C(=O)N4C3C)ccc1C21OC(=O)c2ccccc21. The molecule has 98 heavy (non-hydrogen) atoms. The Hall–Kier alpha value is -9.08. The van der Waals surface area contributed by atoms with E-state index in [9.17, 15) is 28.8 Å². The van der Waals surface area contributed by atoms with Crippen molar-refractivity contribution in [2.75, 3.05) is 32.2 Å². The van der Waals surface area contributed by atoms with Crippen LogP contribution < -0.4 is 28.4 Å². The quantitative estimate of drug-likeness (QED) is 0.0354. The van der Waals surface area contributed by atoms with Gasteiger partial charge in [0.2, 0.25) is 11.8 Å². The van der Waals surface area contributed by atoms with Crippen LogP contribution in [-0.2, 0) is 52.7 Å². The van der Waals surface area contributed by atoms with Crippen molar-refractivity contribution in [2.24, 2.45) is 11.8 Å². The fraction of sp³-hybridized carbons (Fsp3) is 0.308. The Morgan fingerprint density at radius 1 is 0.541 bits per heavy atom. The number of thioether (sulfide) groups is 2. The molecular formula is C78H70N2O14S4. The van der Waals surface area contributed by atoms with Crippen LogP contribution in [0.1, 0.15) is 130 Å². The van der Waals surface area contributed by atoms with Gasteiger partial charge in [-0.1, -0.05) is 75.2 Å². The van der Waals surface area contributed by atoms with Gasteiger partial charge in [-0.15, -0.1) is 46.2 Å².